The van der Waals surface area contributed by atoms with Crippen molar-refractivity contribution < 1.29 is 13.2 Å². The van der Waals surface area contributed by atoms with Crippen LogP contribution < -0.4 is 10.2 Å². The molecule has 0 atom stereocenters. The number of piperidine rings is 1. The first-order valence-corrected chi connectivity index (χ1v) is 11.2. The van der Waals surface area contributed by atoms with Gasteiger partial charge in [-0.15, -0.1) is 0 Å². The number of carbonyl (C=O) groups is 1. The molecule has 0 spiro atoms. The Hall–Kier alpha value is -1.60. The Balaban J connectivity index is 1.85. The minimum atomic E-state index is -3.27. The topological polar surface area (TPSA) is 69.7 Å². The van der Waals surface area contributed by atoms with Crippen LogP contribution in [0.2, 0.25) is 0 Å². The summed E-state index contributed by atoms with van der Waals surface area (Å²) in [7, 11) is -3.27. The summed E-state index contributed by atoms with van der Waals surface area (Å²) >= 11 is 0. The fraction of sp³-hybridized carbons (Fsp3) is 0.632. The van der Waals surface area contributed by atoms with Gasteiger partial charge in [0.2, 0.25) is 15.9 Å². The third-order valence-corrected chi connectivity index (χ3v) is 6.13. The second-order valence-corrected chi connectivity index (χ2v) is 9.16. The van der Waals surface area contributed by atoms with E-state index in [0.717, 1.165) is 31.1 Å². The first-order chi connectivity index (χ1) is 12.3. The SMILES string of the molecule is CCCN(CCC(=O)Nc1ccc(N2CCC(C)CC2)cc1)S(C)(=O)=O. The van der Waals surface area contributed by atoms with Crippen LogP contribution in [0.3, 0.4) is 0 Å². The lowest BCUT2D eigenvalue weighted by molar-refractivity contribution is -0.116. The van der Waals surface area contributed by atoms with Gasteiger partial charge in [-0.05, 0) is 49.4 Å². The normalized spacial score (nSPS) is 16.1. The third kappa shape index (κ3) is 6.29. The Morgan fingerprint density at radius 1 is 1.19 bits per heavy atom. The quantitative estimate of drug-likeness (QED) is 0.752. The number of anilines is 2. The summed E-state index contributed by atoms with van der Waals surface area (Å²) in [6.45, 7) is 7.01. The highest BCUT2D eigenvalue weighted by atomic mass is 32.2. The second kappa shape index (κ2) is 9.37. The highest BCUT2D eigenvalue weighted by molar-refractivity contribution is 7.88. The minimum absolute atomic E-state index is 0.152. The van der Waals surface area contributed by atoms with Crippen molar-refractivity contribution in [2.24, 2.45) is 5.92 Å². The van der Waals surface area contributed by atoms with Crippen LogP contribution in [-0.4, -0.2) is 51.1 Å². The summed E-state index contributed by atoms with van der Waals surface area (Å²) in [5.41, 5.74) is 1.92. The monoisotopic (exact) mass is 381 g/mol. The number of hydrogen-bond donors (Lipinski definition) is 1. The fourth-order valence-corrected chi connectivity index (χ4v) is 4.10. The lowest BCUT2D eigenvalue weighted by atomic mass is 9.99. The molecule has 26 heavy (non-hydrogen) atoms. The fourth-order valence-electron chi connectivity index (χ4n) is 3.16. The summed E-state index contributed by atoms with van der Waals surface area (Å²) in [6, 6.07) is 7.88. The van der Waals surface area contributed by atoms with Crippen LogP contribution in [-0.2, 0) is 14.8 Å². The van der Waals surface area contributed by atoms with Crippen molar-refractivity contribution in [3.05, 3.63) is 24.3 Å². The zero-order valence-electron chi connectivity index (χ0n) is 16.1. The average molecular weight is 382 g/mol. The van der Waals surface area contributed by atoms with Gasteiger partial charge in [0.25, 0.3) is 0 Å². The lowest BCUT2D eigenvalue weighted by Gasteiger charge is -2.32. The second-order valence-electron chi connectivity index (χ2n) is 7.18. The predicted octanol–water partition coefficient (Wildman–Crippen LogP) is 2.92. The molecular weight excluding hydrogens is 350 g/mol. The molecule has 0 unspecified atom stereocenters. The van der Waals surface area contributed by atoms with Crippen LogP contribution in [0.15, 0.2) is 24.3 Å². The maximum atomic E-state index is 12.1. The molecule has 1 heterocycles. The molecule has 1 amide bonds. The van der Waals surface area contributed by atoms with Gasteiger partial charge in [-0.25, -0.2) is 12.7 Å². The van der Waals surface area contributed by atoms with E-state index in [0.29, 0.717) is 6.54 Å². The first kappa shape index (κ1) is 20.7. The van der Waals surface area contributed by atoms with E-state index in [1.54, 1.807) is 0 Å². The van der Waals surface area contributed by atoms with E-state index in [2.05, 4.69) is 17.1 Å². The number of nitrogens with one attached hydrogen (secondary N) is 1. The van der Waals surface area contributed by atoms with Crippen molar-refractivity contribution in [2.45, 2.75) is 39.5 Å². The number of nitrogens with zero attached hydrogens (tertiary/aromatic N) is 2. The van der Waals surface area contributed by atoms with Crippen LogP contribution in [0.4, 0.5) is 11.4 Å². The van der Waals surface area contributed by atoms with Gasteiger partial charge in [0, 0.05) is 44.0 Å². The van der Waals surface area contributed by atoms with E-state index in [-0.39, 0.29) is 18.9 Å². The maximum Gasteiger partial charge on any atom is 0.225 e. The number of rotatable bonds is 8. The van der Waals surface area contributed by atoms with Gasteiger partial charge < -0.3 is 10.2 Å². The molecule has 1 saturated heterocycles. The summed E-state index contributed by atoms with van der Waals surface area (Å²) in [4.78, 5) is 14.5. The molecule has 0 saturated carbocycles. The Morgan fingerprint density at radius 2 is 1.81 bits per heavy atom. The molecule has 1 fully saturated rings. The largest absolute Gasteiger partial charge is 0.372 e. The molecule has 1 aromatic carbocycles. The molecule has 1 aliphatic rings. The summed E-state index contributed by atoms with van der Waals surface area (Å²) in [6.07, 6.45) is 4.49. The molecule has 2 rings (SSSR count). The molecule has 0 aromatic heterocycles. The van der Waals surface area contributed by atoms with Crippen LogP contribution in [0.1, 0.15) is 39.5 Å². The van der Waals surface area contributed by atoms with E-state index >= 15 is 0 Å². The van der Waals surface area contributed by atoms with Crippen molar-refractivity contribution in [3.8, 4) is 0 Å². The van der Waals surface area contributed by atoms with Gasteiger partial charge in [-0.2, -0.15) is 0 Å². The van der Waals surface area contributed by atoms with Crippen LogP contribution in [0.25, 0.3) is 0 Å². The van der Waals surface area contributed by atoms with Crippen molar-refractivity contribution >= 4 is 27.3 Å². The molecule has 6 nitrogen and oxygen atoms in total. The highest BCUT2D eigenvalue weighted by Gasteiger charge is 2.18. The molecule has 1 N–H and O–H groups in total. The van der Waals surface area contributed by atoms with Crippen LogP contribution in [0, 0.1) is 5.92 Å². The van der Waals surface area contributed by atoms with Gasteiger partial charge in [-0.1, -0.05) is 13.8 Å². The van der Waals surface area contributed by atoms with Gasteiger partial charge in [-0.3, -0.25) is 4.79 Å². The standard InChI is InChI=1S/C19H31N3O3S/c1-4-12-22(26(3,24)25)15-11-19(23)20-17-5-7-18(8-6-17)21-13-9-16(2)10-14-21/h5-8,16H,4,9-15H2,1-3H3,(H,20,23). The molecule has 0 radical (unpaired) electrons. The van der Waals surface area contributed by atoms with E-state index in [9.17, 15) is 13.2 Å². The molecule has 1 aromatic rings. The van der Waals surface area contributed by atoms with Crippen molar-refractivity contribution in [2.75, 3.05) is 42.7 Å². The first-order valence-electron chi connectivity index (χ1n) is 9.39. The number of amides is 1. The number of hydrogen-bond acceptors (Lipinski definition) is 4. The predicted molar refractivity (Wildman–Crippen MR) is 107 cm³/mol. The average Bonchev–Trinajstić information content (AvgIpc) is 2.59. The summed E-state index contributed by atoms with van der Waals surface area (Å²) in [5.74, 6) is 0.623. The van der Waals surface area contributed by atoms with Gasteiger partial charge in [0.05, 0.1) is 6.26 Å². The van der Waals surface area contributed by atoms with Gasteiger partial charge >= 0.3 is 0 Å². The number of carbonyl (C=O) groups excluding carboxylic acids is 1. The zero-order valence-corrected chi connectivity index (χ0v) is 16.9. The molecule has 0 bridgehead atoms. The van der Waals surface area contributed by atoms with Gasteiger partial charge in [0.1, 0.15) is 0 Å². The van der Waals surface area contributed by atoms with Crippen LogP contribution >= 0.6 is 0 Å². The molecule has 0 aliphatic carbocycles. The van der Waals surface area contributed by atoms with Crippen molar-refractivity contribution in [1.29, 1.82) is 0 Å². The smallest absolute Gasteiger partial charge is 0.225 e. The Kier molecular flexibility index (Phi) is 7.46. The van der Waals surface area contributed by atoms with E-state index in [1.165, 1.54) is 29.1 Å². The summed E-state index contributed by atoms with van der Waals surface area (Å²) < 4.78 is 24.7. The zero-order chi connectivity index (χ0) is 19.2. The summed E-state index contributed by atoms with van der Waals surface area (Å²) in [5, 5.41) is 2.85. The Morgan fingerprint density at radius 3 is 2.35 bits per heavy atom. The Labute approximate surface area is 157 Å². The Bertz CT molecular complexity index is 680. The maximum absolute atomic E-state index is 12.1. The molecule has 146 valence electrons. The highest BCUT2D eigenvalue weighted by Crippen LogP contribution is 2.24. The molecule has 1 aliphatic heterocycles. The van der Waals surface area contributed by atoms with Gasteiger partial charge in [0.15, 0.2) is 0 Å². The third-order valence-electron chi connectivity index (χ3n) is 4.83. The minimum Gasteiger partial charge on any atom is -0.372 e. The van der Waals surface area contributed by atoms with Crippen LogP contribution in [0.5, 0.6) is 0 Å². The molecular formula is C19H31N3O3S. The lowest BCUT2D eigenvalue weighted by Crippen LogP contribution is -2.33. The van der Waals surface area contributed by atoms with E-state index in [1.807, 2.05) is 31.2 Å². The van der Waals surface area contributed by atoms with Crippen molar-refractivity contribution in [3.63, 3.8) is 0 Å². The number of benzene rings is 1. The van der Waals surface area contributed by atoms with E-state index < -0.39 is 10.0 Å². The van der Waals surface area contributed by atoms with E-state index in [4.69, 9.17) is 0 Å². The number of sulfonamides is 1. The molecule has 7 heteroatoms. The van der Waals surface area contributed by atoms with Crippen molar-refractivity contribution in [1.82, 2.24) is 4.31 Å².